The highest BCUT2D eigenvalue weighted by molar-refractivity contribution is 7.71. The van der Waals surface area contributed by atoms with Crippen LogP contribution in [0.1, 0.15) is 11.1 Å². The zero-order valence-corrected chi connectivity index (χ0v) is 12.1. The lowest BCUT2D eigenvalue weighted by Crippen LogP contribution is -1.97. The predicted molar refractivity (Wildman–Crippen MR) is 78.7 cm³/mol. The SMILES string of the molecule is O=[SH](=O)Cc1cc2c(cc1-c1cc(Cl)ncn1)NCC2. The van der Waals surface area contributed by atoms with E-state index in [1.54, 1.807) is 6.07 Å². The lowest BCUT2D eigenvalue weighted by atomic mass is 10.0. The van der Waals surface area contributed by atoms with E-state index in [1.165, 1.54) is 6.33 Å². The summed E-state index contributed by atoms with van der Waals surface area (Å²) in [6.07, 6.45) is 2.28. The maximum absolute atomic E-state index is 11.1. The van der Waals surface area contributed by atoms with E-state index in [2.05, 4.69) is 15.3 Å². The van der Waals surface area contributed by atoms with Crippen LogP contribution in [-0.2, 0) is 22.9 Å². The van der Waals surface area contributed by atoms with E-state index in [4.69, 9.17) is 11.6 Å². The van der Waals surface area contributed by atoms with Crippen LogP contribution in [0.4, 0.5) is 5.69 Å². The fourth-order valence-corrected chi connectivity index (χ4v) is 3.07. The normalized spacial score (nSPS) is 13.3. The van der Waals surface area contributed by atoms with Crippen LogP contribution in [0.25, 0.3) is 11.3 Å². The molecule has 5 nitrogen and oxygen atoms in total. The molecule has 2 heterocycles. The number of halogens is 1. The van der Waals surface area contributed by atoms with Crippen molar-refractivity contribution in [3.8, 4) is 11.3 Å². The molecule has 0 unspecified atom stereocenters. The summed E-state index contributed by atoms with van der Waals surface area (Å²) in [7, 11) is -2.49. The number of rotatable bonds is 3. The van der Waals surface area contributed by atoms with Gasteiger partial charge in [0.15, 0.2) is 0 Å². The third-order valence-electron chi connectivity index (χ3n) is 3.25. The first-order valence-corrected chi connectivity index (χ1v) is 7.87. The number of aromatic nitrogens is 2. The van der Waals surface area contributed by atoms with Gasteiger partial charge in [-0.3, -0.25) is 0 Å². The number of fused-ring (bicyclic) bond motifs is 1. The molecule has 0 aliphatic carbocycles. The van der Waals surface area contributed by atoms with Gasteiger partial charge in [-0.25, -0.2) is 18.4 Å². The first kappa shape index (κ1) is 13.3. The number of anilines is 1. The summed E-state index contributed by atoms with van der Waals surface area (Å²) in [5.41, 5.74) is 4.33. The van der Waals surface area contributed by atoms with Crippen LogP contribution in [0, 0.1) is 0 Å². The van der Waals surface area contributed by atoms with Gasteiger partial charge in [0.05, 0.1) is 11.4 Å². The highest BCUT2D eigenvalue weighted by Crippen LogP contribution is 2.32. The highest BCUT2D eigenvalue weighted by atomic mass is 35.5. The quantitative estimate of drug-likeness (QED) is 0.669. The fourth-order valence-electron chi connectivity index (χ4n) is 2.39. The van der Waals surface area contributed by atoms with Crippen molar-refractivity contribution < 1.29 is 8.42 Å². The lowest BCUT2D eigenvalue weighted by molar-refractivity contribution is 0.614. The third kappa shape index (κ3) is 2.62. The monoisotopic (exact) mass is 309 g/mol. The topological polar surface area (TPSA) is 72.0 Å². The molecule has 0 amide bonds. The molecular formula is C13H12ClN3O2S. The molecule has 1 aliphatic heterocycles. The van der Waals surface area contributed by atoms with Crippen LogP contribution in [0.5, 0.6) is 0 Å². The van der Waals surface area contributed by atoms with Crippen LogP contribution in [0.15, 0.2) is 24.5 Å². The zero-order chi connectivity index (χ0) is 14.1. The molecule has 0 atom stereocenters. The third-order valence-corrected chi connectivity index (χ3v) is 4.05. The Kier molecular flexibility index (Phi) is 3.58. The molecule has 0 radical (unpaired) electrons. The summed E-state index contributed by atoms with van der Waals surface area (Å²) in [5, 5.41) is 3.61. The molecule has 7 heteroatoms. The molecule has 1 aliphatic rings. The second kappa shape index (κ2) is 5.38. The van der Waals surface area contributed by atoms with Crippen LogP contribution in [0.3, 0.4) is 0 Å². The van der Waals surface area contributed by atoms with E-state index >= 15 is 0 Å². The van der Waals surface area contributed by atoms with Crippen molar-refractivity contribution in [1.29, 1.82) is 0 Å². The van der Waals surface area contributed by atoms with Crippen molar-refractivity contribution in [3.63, 3.8) is 0 Å². The van der Waals surface area contributed by atoms with Gasteiger partial charge in [-0.2, -0.15) is 0 Å². The minimum absolute atomic E-state index is 0.000428. The van der Waals surface area contributed by atoms with Crippen molar-refractivity contribution in [2.24, 2.45) is 0 Å². The van der Waals surface area contributed by atoms with Crippen molar-refractivity contribution in [2.75, 3.05) is 11.9 Å². The molecule has 2 aromatic rings. The molecule has 1 N–H and O–H groups in total. The fraction of sp³-hybridized carbons (Fsp3) is 0.231. The van der Waals surface area contributed by atoms with Crippen molar-refractivity contribution in [2.45, 2.75) is 12.2 Å². The van der Waals surface area contributed by atoms with Gasteiger partial charge < -0.3 is 5.32 Å². The van der Waals surface area contributed by atoms with E-state index < -0.39 is 10.7 Å². The molecule has 0 spiro atoms. The molecule has 0 saturated carbocycles. The van der Waals surface area contributed by atoms with Crippen LogP contribution in [0.2, 0.25) is 5.15 Å². The first-order chi connectivity index (χ1) is 9.63. The number of nitrogens with one attached hydrogen (secondary N) is 1. The molecule has 0 fully saturated rings. The van der Waals surface area contributed by atoms with E-state index in [0.29, 0.717) is 10.8 Å². The summed E-state index contributed by atoms with van der Waals surface area (Å²) in [6.45, 7) is 0.867. The van der Waals surface area contributed by atoms with Gasteiger partial charge in [0.25, 0.3) is 0 Å². The van der Waals surface area contributed by atoms with Crippen LogP contribution in [-0.4, -0.2) is 24.9 Å². The Morgan fingerprint density at radius 1 is 1.25 bits per heavy atom. The smallest absolute Gasteiger partial charge is 0.144 e. The van der Waals surface area contributed by atoms with Gasteiger partial charge in [-0.15, -0.1) is 0 Å². The zero-order valence-electron chi connectivity index (χ0n) is 10.5. The Morgan fingerprint density at radius 2 is 2.10 bits per heavy atom. The maximum atomic E-state index is 11.1. The van der Waals surface area contributed by atoms with Gasteiger partial charge >= 0.3 is 0 Å². The number of hydrogen-bond acceptors (Lipinski definition) is 5. The summed E-state index contributed by atoms with van der Waals surface area (Å²) < 4.78 is 22.2. The number of thiol groups is 1. The minimum atomic E-state index is -2.49. The Morgan fingerprint density at radius 3 is 2.85 bits per heavy atom. The summed E-state index contributed by atoms with van der Waals surface area (Å²) >= 11 is 5.88. The first-order valence-electron chi connectivity index (χ1n) is 6.13. The van der Waals surface area contributed by atoms with Crippen molar-refractivity contribution >= 4 is 28.0 Å². The summed E-state index contributed by atoms with van der Waals surface area (Å²) in [5.74, 6) is -0.000428. The molecule has 1 aromatic carbocycles. The maximum Gasteiger partial charge on any atom is 0.144 e. The lowest BCUT2D eigenvalue weighted by Gasteiger charge is -2.10. The minimum Gasteiger partial charge on any atom is -0.384 e. The average Bonchev–Trinajstić information content (AvgIpc) is 2.84. The molecule has 3 rings (SSSR count). The predicted octanol–water partition coefficient (Wildman–Crippen LogP) is 1.88. The van der Waals surface area contributed by atoms with E-state index in [1.807, 2.05) is 12.1 Å². The Balaban J connectivity index is 2.17. The van der Waals surface area contributed by atoms with Gasteiger partial charge in [0.2, 0.25) is 0 Å². The van der Waals surface area contributed by atoms with E-state index in [0.717, 1.165) is 35.3 Å². The number of nitrogens with zero attached hydrogens (tertiary/aromatic N) is 2. The second-order valence-corrected chi connectivity index (χ2v) is 5.93. The van der Waals surface area contributed by atoms with Gasteiger partial charge in [-0.1, -0.05) is 17.7 Å². The number of benzene rings is 1. The molecular weight excluding hydrogens is 298 g/mol. The molecule has 104 valence electrons. The summed E-state index contributed by atoms with van der Waals surface area (Å²) in [6, 6.07) is 5.51. The van der Waals surface area contributed by atoms with Gasteiger partial charge in [0, 0.05) is 23.9 Å². The molecule has 1 aromatic heterocycles. The molecule has 0 saturated heterocycles. The Bertz CT molecular complexity index is 738. The Labute approximate surface area is 123 Å². The standard InChI is InChI=1S/C13H12ClN3O2S/c14-13-5-12(16-7-17-13)10-4-11-8(1-2-15-11)3-9(10)6-20(18)19/h3-5,7,15,20H,1-2,6H2. The largest absolute Gasteiger partial charge is 0.384 e. The van der Waals surface area contributed by atoms with Crippen molar-refractivity contribution in [1.82, 2.24) is 9.97 Å². The van der Waals surface area contributed by atoms with Gasteiger partial charge in [-0.05, 0) is 23.6 Å². The second-order valence-electron chi connectivity index (χ2n) is 4.56. The highest BCUT2D eigenvalue weighted by Gasteiger charge is 2.16. The summed E-state index contributed by atoms with van der Waals surface area (Å²) in [4.78, 5) is 8.03. The van der Waals surface area contributed by atoms with Crippen molar-refractivity contribution in [3.05, 3.63) is 40.8 Å². The molecule has 0 bridgehead atoms. The van der Waals surface area contributed by atoms with E-state index in [9.17, 15) is 8.42 Å². The van der Waals surface area contributed by atoms with Gasteiger partial charge in [0.1, 0.15) is 22.2 Å². The van der Waals surface area contributed by atoms with Crippen LogP contribution < -0.4 is 5.32 Å². The molecule has 20 heavy (non-hydrogen) atoms. The number of hydrogen-bond donors (Lipinski definition) is 2. The van der Waals surface area contributed by atoms with E-state index in [-0.39, 0.29) is 5.75 Å². The van der Waals surface area contributed by atoms with Crippen LogP contribution >= 0.6 is 11.6 Å². The Hall–Kier alpha value is -1.66. The average molecular weight is 310 g/mol.